The zero-order valence-corrected chi connectivity index (χ0v) is 7.35. The Hall–Kier alpha value is -0.200. The summed E-state index contributed by atoms with van der Waals surface area (Å²) in [6.45, 7) is 0. The molecule has 5 nitrogen and oxygen atoms in total. The lowest BCUT2D eigenvalue weighted by Gasteiger charge is -2.39. The van der Waals surface area contributed by atoms with Crippen molar-refractivity contribution < 1.29 is 25.5 Å². The molecule has 5 heteroatoms. The largest absolute Gasteiger partial charge is 0.387 e. The van der Waals surface area contributed by atoms with Crippen molar-refractivity contribution in [3.8, 4) is 0 Å². The smallest absolute Gasteiger partial charge is 0.245 e. The lowest BCUT2D eigenvalue weighted by atomic mass is 9.88. The summed E-state index contributed by atoms with van der Waals surface area (Å²) in [5.74, 6) is -5.44. The first-order valence-electron chi connectivity index (χ1n) is 4.45. The average Bonchev–Trinajstić information content (AvgIpc) is 2.01. The van der Waals surface area contributed by atoms with E-state index in [0.717, 1.165) is 6.42 Å². The fourth-order valence-electron chi connectivity index (χ4n) is 1.54. The Kier molecular flexibility index (Phi) is 2.94. The summed E-state index contributed by atoms with van der Waals surface area (Å²) in [6, 6.07) is 0. The molecule has 0 aliphatic heterocycles. The van der Waals surface area contributed by atoms with Gasteiger partial charge < -0.3 is 25.5 Å². The SMILES string of the molecule is OC1CCCCCC(O)(O)C1(O)O. The van der Waals surface area contributed by atoms with Crippen LogP contribution in [0.5, 0.6) is 0 Å². The standard InChI is InChI=1S/C8H16O5/c9-6-4-2-1-3-5-7(10,11)8(6,12)13/h6,9-13H,1-5H2. The second-order valence-electron chi connectivity index (χ2n) is 3.66. The molecular formula is C8H16O5. The number of hydrogen-bond acceptors (Lipinski definition) is 5. The third-order valence-corrected chi connectivity index (χ3v) is 2.56. The number of rotatable bonds is 0. The van der Waals surface area contributed by atoms with Crippen LogP contribution in [0.1, 0.15) is 32.1 Å². The normalized spacial score (nSPS) is 33.5. The van der Waals surface area contributed by atoms with Gasteiger partial charge in [0.1, 0.15) is 6.10 Å². The molecule has 1 saturated carbocycles. The van der Waals surface area contributed by atoms with Gasteiger partial charge >= 0.3 is 0 Å². The maximum absolute atomic E-state index is 9.28. The van der Waals surface area contributed by atoms with E-state index in [0.29, 0.717) is 12.8 Å². The van der Waals surface area contributed by atoms with Crippen LogP contribution in [0.2, 0.25) is 0 Å². The molecule has 1 fully saturated rings. The molecule has 0 spiro atoms. The fraction of sp³-hybridized carbons (Fsp3) is 1.00. The van der Waals surface area contributed by atoms with Crippen LogP contribution < -0.4 is 0 Å². The Morgan fingerprint density at radius 3 is 2.15 bits per heavy atom. The predicted octanol–water partition coefficient (Wildman–Crippen LogP) is -1.33. The molecule has 0 bridgehead atoms. The van der Waals surface area contributed by atoms with Crippen LogP contribution in [-0.2, 0) is 0 Å². The zero-order chi connectivity index (χ0) is 10.1. The van der Waals surface area contributed by atoms with E-state index in [1.165, 1.54) is 0 Å². The molecule has 0 aromatic heterocycles. The van der Waals surface area contributed by atoms with E-state index in [9.17, 15) is 25.5 Å². The average molecular weight is 192 g/mol. The van der Waals surface area contributed by atoms with Gasteiger partial charge in [0.15, 0.2) is 0 Å². The van der Waals surface area contributed by atoms with Crippen LogP contribution in [0.15, 0.2) is 0 Å². The van der Waals surface area contributed by atoms with E-state index in [2.05, 4.69) is 0 Å². The third kappa shape index (κ3) is 2.00. The van der Waals surface area contributed by atoms with Gasteiger partial charge in [0, 0.05) is 6.42 Å². The number of aliphatic hydroxyl groups excluding tert-OH is 1. The van der Waals surface area contributed by atoms with Crippen LogP contribution in [0, 0.1) is 0 Å². The molecule has 0 heterocycles. The molecule has 0 radical (unpaired) electrons. The van der Waals surface area contributed by atoms with E-state index in [-0.39, 0.29) is 12.8 Å². The summed E-state index contributed by atoms with van der Waals surface area (Å²) < 4.78 is 0. The van der Waals surface area contributed by atoms with Gasteiger partial charge in [0.2, 0.25) is 11.6 Å². The Bertz CT molecular complexity index is 177. The van der Waals surface area contributed by atoms with Crippen molar-refractivity contribution in [3.63, 3.8) is 0 Å². The van der Waals surface area contributed by atoms with Crippen LogP contribution in [-0.4, -0.2) is 43.2 Å². The quantitative estimate of drug-likeness (QED) is 0.306. The topological polar surface area (TPSA) is 101 Å². The van der Waals surface area contributed by atoms with Gasteiger partial charge in [-0.3, -0.25) is 0 Å². The summed E-state index contributed by atoms with van der Waals surface area (Å²) in [7, 11) is 0. The van der Waals surface area contributed by atoms with Crippen LogP contribution in [0.25, 0.3) is 0 Å². The molecule has 78 valence electrons. The first-order chi connectivity index (χ1) is 5.88. The highest BCUT2D eigenvalue weighted by Gasteiger charge is 2.52. The minimum atomic E-state index is -2.83. The minimum Gasteiger partial charge on any atom is -0.387 e. The molecule has 1 atom stereocenters. The van der Waals surface area contributed by atoms with Crippen molar-refractivity contribution in [3.05, 3.63) is 0 Å². The lowest BCUT2D eigenvalue weighted by molar-refractivity contribution is -0.388. The molecule has 0 amide bonds. The van der Waals surface area contributed by atoms with E-state index >= 15 is 0 Å². The lowest BCUT2D eigenvalue weighted by Crippen LogP contribution is -2.61. The minimum absolute atomic E-state index is 0.142. The van der Waals surface area contributed by atoms with Gasteiger partial charge in [-0.2, -0.15) is 0 Å². The van der Waals surface area contributed by atoms with Crippen molar-refractivity contribution in [2.24, 2.45) is 0 Å². The van der Waals surface area contributed by atoms with E-state index < -0.39 is 17.7 Å². The number of aliphatic hydroxyl groups is 5. The Labute approximate surface area is 76.3 Å². The monoisotopic (exact) mass is 192 g/mol. The summed E-state index contributed by atoms with van der Waals surface area (Å²) >= 11 is 0. The van der Waals surface area contributed by atoms with Crippen LogP contribution >= 0.6 is 0 Å². The van der Waals surface area contributed by atoms with Crippen molar-refractivity contribution in [2.45, 2.75) is 49.8 Å². The first-order valence-corrected chi connectivity index (χ1v) is 4.45. The Morgan fingerprint density at radius 1 is 0.923 bits per heavy atom. The van der Waals surface area contributed by atoms with Crippen molar-refractivity contribution in [1.29, 1.82) is 0 Å². The Balaban J connectivity index is 2.81. The predicted molar refractivity (Wildman–Crippen MR) is 43.4 cm³/mol. The summed E-state index contributed by atoms with van der Waals surface area (Å²) in [6.07, 6.45) is 0.411. The fourth-order valence-corrected chi connectivity index (χ4v) is 1.54. The zero-order valence-electron chi connectivity index (χ0n) is 7.35. The molecule has 1 unspecified atom stereocenters. The van der Waals surface area contributed by atoms with Crippen LogP contribution in [0.3, 0.4) is 0 Å². The summed E-state index contributed by atoms with van der Waals surface area (Å²) in [5.41, 5.74) is 0. The molecule has 13 heavy (non-hydrogen) atoms. The maximum atomic E-state index is 9.28. The molecule has 0 saturated heterocycles. The van der Waals surface area contributed by atoms with Crippen molar-refractivity contribution in [1.82, 2.24) is 0 Å². The second kappa shape index (κ2) is 3.51. The van der Waals surface area contributed by atoms with Gasteiger partial charge in [-0.1, -0.05) is 12.8 Å². The van der Waals surface area contributed by atoms with Gasteiger partial charge in [-0.05, 0) is 12.8 Å². The first kappa shape index (κ1) is 10.9. The van der Waals surface area contributed by atoms with Gasteiger partial charge in [-0.25, -0.2) is 0 Å². The molecule has 1 aliphatic carbocycles. The van der Waals surface area contributed by atoms with Crippen molar-refractivity contribution in [2.75, 3.05) is 0 Å². The van der Waals surface area contributed by atoms with Crippen LogP contribution in [0.4, 0.5) is 0 Å². The van der Waals surface area contributed by atoms with E-state index in [1.54, 1.807) is 0 Å². The Morgan fingerprint density at radius 2 is 1.54 bits per heavy atom. The highest BCUT2D eigenvalue weighted by molar-refractivity contribution is 4.89. The van der Waals surface area contributed by atoms with Gasteiger partial charge in [0.25, 0.3) is 0 Å². The maximum Gasteiger partial charge on any atom is 0.245 e. The van der Waals surface area contributed by atoms with Crippen molar-refractivity contribution >= 4 is 0 Å². The van der Waals surface area contributed by atoms with Gasteiger partial charge in [-0.15, -0.1) is 0 Å². The van der Waals surface area contributed by atoms with E-state index in [4.69, 9.17) is 0 Å². The summed E-state index contributed by atoms with van der Waals surface area (Å²) in [4.78, 5) is 0. The third-order valence-electron chi connectivity index (χ3n) is 2.56. The molecule has 0 aromatic carbocycles. The van der Waals surface area contributed by atoms with Gasteiger partial charge in [0.05, 0.1) is 0 Å². The summed E-state index contributed by atoms with van der Waals surface area (Å²) in [5, 5.41) is 46.4. The molecule has 0 aromatic rings. The highest BCUT2D eigenvalue weighted by Crippen LogP contribution is 2.31. The van der Waals surface area contributed by atoms with E-state index in [1.807, 2.05) is 0 Å². The highest BCUT2D eigenvalue weighted by atomic mass is 16.6. The molecular weight excluding hydrogens is 176 g/mol. The molecule has 1 aliphatic rings. The molecule has 5 N–H and O–H groups in total. The number of hydrogen-bond donors (Lipinski definition) is 5. The second-order valence-corrected chi connectivity index (χ2v) is 3.66. The molecule has 1 rings (SSSR count).